The number of hydrogen-bond donors (Lipinski definition) is 2. The summed E-state index contributed by atoms with van der Waals surface area (Å²) in [4.78, 5) is 24.5. The highest BCUT2D eigenvalue weighted by Gasteiger charge is 2.30. The summed E-state index contributed by atoms with van der Waals surface area (Å²) < 4.78 is 5.18. The van der Waals surface area contributed by atoms with Crippen molar-refractivity contribution in [3.63, 3.8) is 0 Å². The van der Waals surface area contributed by atoms with Gasteiger partial charge < -0.3 is 15.2 Å². The molecule has 1 aromatic rings. The molecule has 0 radical (unpaired) electrons. The average molecular weight is 306 g/mol. The molecule has 0 bridgehead atoms. The fourth-order valence-electron chi connectivity index (χ4n) is 2.51. The van der Waals surface area contributed by atoms with Gasteiger partial charge in [0.05, 0.1) is 6.04 Å². The van der Waals surface area contributed by atoms with Crippen LogP contribution >= 0.6 is 0 Å². The highest BCUT2D eigenvalue weighted by molar-refractivity contribution is 5.69. The Labute approximate surface area is 130 Å². The van der Waals surface area contributed by atoms with Gasteiger partial charge in [-0.2, -0.15) is 0 Å². The van der Waals surface area contributed by atoms with E-state index in [9.17, 15) is 14.7 Å². The molecule has 1 atom stereocenters. The number of alkyl carbamates (subject to hydrolysis) is 1. The molecule has 1 heterocycles. The van der Waals surface area contributed by atoms with Crippen molar-refractivity contribution in [2.24, 2.45) is 0 Å². The minimum Gasteiger partial charge on any atom is -0.465 e. The highest BCUT2D eigenvalue weighted by atomic mass is 16.6. The smallest absolute Gasteiger partial charge is 0.407 e. The quantitative estimate of drug-likeness (QED) is 0.880. The third kappa shape index (κ3) is 4.13. The van der Waals surface area contributed by atoms with Gasteiger partial charge in [-0.1, -0.05) is 24.3 Å². The Hall–Kier alpha value is -2.24. The van der Waals surface area contributed by atoms with Crippen LogP contribution in [-0.2, 0) is 17.7 Å². The van der Waals surface area contributed by atoms with Gasteiger partial charge in [0.15, 0.2) is 0 Å². The zero-order chi connectivity index (χ0) is 16.3. The Balaban J connectivity index is 2.02. The van der Waals surface area contributed by atoms with Crippen LogP contribution in [0.2, 0.25) is 0 Å². The summed E-state index contributed by atoms with van der Waals surface area (Å²) >= 11 is 0. The van der Waals surface area contributed by atoms with Crippen molar-refractivity contribution in [2.75, 3.05) is 6.54 Å². The van der Waals surface area contributed by atoms with E-state index in [2.05, 4.69) is 5.32 Å². The lowest BCUT2D eigenvalue weighted by molar-refractivity contribution is 0.0498. The second-order valence-corrected chi connectivity index (χ2v) is 6.42. The number of nitrogens with zero attached hydrogens (tertiary/aromatic N) is 1. The lowest BCUT2D eigenvalue weighted by Crippen LogP contribution is -2.50. The number of hydrogen-bond acceptors (Lipinski definition) is 3. The maximum Gasteiger partial charge on any atom is 0.407 e. The largest absolute Gasteiger partial charge is 0.465 e. The summed E-state index contributed by atoms with van der Waals surface area (Å²) in [6.45, 7) is 5.93. The minimum atomic E-state index is -0.981. The van der Waals surface area contributed by atoms with Crippen LogP contribution in [0.3, 0.4) is 0 Å². The Kier molecular flexibility index (Phi) is 4.59. The number of carbonyl (C=O) groups is 2. The molecular weight excluding hydrogens is 284 g/mol. The first-order valence-corrected chi connectivity index (χ1v) is 7.29. The average Bonchev–Trinajstić information content (AvgIpc) is 2.42. The van der Waals surface area contributed by atoms with Crippen LogP contribution in [0.15, 0.2) is 24.3 Å². The van der Waals surface area contributed by atoms with Crippen LogP contribution < -0.4 is 5.32 Å². The van der Waals surface area contributed by atoms with E-state index in [1.54, 1.807) is 20.8 Å². The molecule has 0 unspecified atom stereocenters. The van der Waals surface area contributed by atoms with Crippen molar-refractivity contribution in [2.45, 2.75) is 45.4 Å². The molecule has 0 saturated heterocycles. The number of fused-ring (bicyclic) bond motifs is 1. The molecule has 0 saturated carbocycles. The van der Waals surface area contributed by atoms with Gasteiger partial charge in [-0.15, -0.1) is 0 Å². The summed E-state index contributed by atoms with van der Waals surface area (Å²) in [7, 11) is 0. The van der Waals surface area contributed by atoms with Crippen LogP contribution in [0, 0.1) is 0 Å². The SMILES string of the molecule is CC(C)(C)OC(=O)NC[C@@H]1Cc2ccccc2CN1C(=O)O. The molecule has 0 aliphatic carbocycles. The summed E-state index contributed by atoms with van der Waals surface area (Å²) in [6.07, 6.45) is -0.930. The maximum absolute atomic E-state index is 11.7. The van der Waals surface area contributed by atoms with Crippen LogP contribution in [0.5, 0.6) is 0 Å². The Bertz CT molecular complexity index is 566. The molecule has 2 amide bonds. The molecule has 120 valence electrons. The van der Waals surface area contributed by atoms with Crippen molar-refractivity contribution in [3.05, 3.63) is 35.4 Å². The fourth-order valence-corrected chi connectivity index (χ4v) is 2.51. The molecule has 0 spiro atoms. The fraction of sp³-hybridized carbons (Fsp3) is 0.500. The number of nitrogens with one attached hydrogen (secondary N) is 1. The molecule has 1 aromatic carbocycles. The van der Waals surface area contributed by atoms with Crippen LogP contribution in [0.1, 0.15) is 31.9 Å². The number of rotatable bonds is 2. The molecule has 1 aliphatic heterocycles. The van der Waals surface area contributed by atoms with E-state index in [-0.39, 0.29) is 12.6 Å². The molecule has 1 aliphatic rings. The normalized spacial score (nSPS) is 17.6. The van der Waals surface area contributed by atoms with Crippen molar-refractivity contribution in [1.29, 1.82) is 0 Å². The van der Waals surface area contributed by atoms with E-state index < -0.39 is 17.8 Å². The minimum absolute atomic E-state index is 0.232. The van der Waals surface area contributed by atoms with Gasteiger partial charge in [-0.05, 0) is 38.3 Å². The van der Waals surface area contributed by atoms with Gasteiger partial charge in [-0.3, -0.25) is 4.90 Å². The number of amides is 2. The predicted molar refractivity (Wildman–Crippen MR) is 81.7 cm³/mol. The van der Waals surface area contributed by atoms with E-state index in [4.69, 9.17) is 4.74 Å². The zero-order valence-corrected chi connectivity index (χ0v) is 13.1. The molecule has 0 aromatic heterocycles. The zero-order valence-electron chi connectivity index (χ0n) is 13.1. The van der Waals surface area contributed by atoms with Gasteiger partial charge in [0, 0.05) is 13.1 Å². The van der Waals surface area contributed by atoms with E-state index >= 15 is 0 Å². The number of carboxylic acid groups (broad SMARTS) is 1. The van der Waals surface area contributed by atoms with Crippen LogP contribution in [0.4, 0.5) is 9.59 Å². The lowest BCUT2D eigenvalue weighted by atomic mass is 9.94. The Morgan fingerprint density at radius 3 is 2.55 bits per heavy atom. The molecule has 6 heteroatoms. The standard InChI is InChI=1S/C16H22N2O4/c1-16(2,3)22-14(19)17-9-13-8-11-6-4-5-7-12(11)10-18(13)15(20)21/h4-7,13H,8-10H2,1-3H3,(H,17,19)(H,20,21)/t13-/m0/s1. The Morgan fingerprint density at radius 1 is 1.32 bits per heavy atom. The molecule has 6 nitrogen and oxygen atoms in total. The second-order valence-electron chi connectivity index (χ2n) is 6.42. The molecule has 2 N–H and O–H groups in total. The monoisotopic (exact) mass is 306 g/mol. The van der Waals surface area contributed by atoms with Gasteiger partial charge >= 0.3 is 12.2 Å². The lowest BCUT2D eigenvalue weighted by Gasteiger charge is -2.35. The molecular formula is C16H22N2O4. The predicted octanol–water partition coefficient (Wildman–Crippen LogP) is 2.62. The van der Waals surface area contributed by atoms with E-state index in [0.29, 0.717) is 13.0 Å². The topological polar surface area (TPSA) is 78.9 Å². The van der Waals surface area contributed by atoms with E-state index in [1.807, 2.05) is 24.3 Å². The molecule has 2 rings (SSSR count). The summed E-state index contributed by atoms with van der Waals surface area (Å²) in [6, 6.07) is 7.48. The summed E-state index contributed by atoms with van der Waals surface area (Å²) in [5.74, 6) is 0. The molecule has 0 fully saturated rings. The second kappa shape index (κ2) is 6.25. The van der Waals surface area contributed by atoms with Crippen molar-refractivity contribution < 1.29 is 19.4 Å². The van der Waals surface area contributed by atoms with Crippen molar-refractivity contribution in [1.82, 2.24) is 10.2 Å². The van der Waals surface area contributed by atoms with Gasteiger partial charge in [0.1, 0.15) is 5.60 Å². The van der Waals surface area contributed by atoms with Crippen LogP contribution in [0.25, 0.3) is 0 Å². The van der Waals surface area contributed by atoms with Gasteiger partial charge in [-0.25, -0.2) is 9.59 Å². The maximum atomic E-state index is 11.7. The van der Waals surface area contributed by atoms with Crippen LogP contribution in [-0.4, -0.2) is 40.4 Å². The Morgan fingerprint density at radius 2 is 1.95 bits per heavy atom. The molecule has 22 heavy (non-hydrogen) atoms. The first-order chi connectivity index (χ1) is 10.3. The van der Waals surface area contributed by atoms with Gasteiger partial charge in [0.25, 0.3) is 0 Å². The van der Waals surface area contributed by atoms with Crippen molar-refractivity contribution >= 4 is 12.2 Å². The number of benzene rings is 1. The highest BCUT2D eigenvalue weighted by Crippen LogP contribution is 2.23. The number of ether oxygens (including phenoxy) is 1. The summed E-state index contributed by atoms with van der Waals surface area (Å²) in [5.41, 5.74) is 1.56. The van der Waals surface area contributed by atoms with E-state index in [1.165, 1.54) is 4.90 Å². The third-order valence-electron chi connectivity index (χ3n) is 3.48. The summed E-state index contributed by atoms with van der Waals surface area (Å²) in [5, 5.41) is 12.0. The van der Waals surface area contributed by atoms with Crippen molar-refractivity contribution in [3.8, 4) is 0 Å². The van der Waals surface area contributed by atoms with E-state index in [0.717, 1.165) is 11.1 Å². The first-order valence-electron chi connectivity index (χ1n) is 7.29. The third-order valence-corrected chi connectivity index (χ3v) is 3.48. The van der Waals surface area contributed by atoms with Gasteiger partial charge in [0.2, 0.25) is 0 Å². The first kappa shape index (κ1) is 16.1. The number of carbonyl (C=O) groups excluding carboxylic acids is 1.